The first kappa shape index (κ1) is 16.2. The molecule has 0 aliphatic carbocycles. The van der Waals surface area contributed by atoms with E-state index in [0.29, 0.717) is 5.69 Å². The van der Waals surface area contributed by atoms with Crippen molar-refractivity contribution in [1.82, 2.24) is 10.6 Å². The number of anilines is 1. The van der Waals surface area contributed by atoms with Crippen LogP contribution >= 0.6 is 15.9 Å². The van der Waals surface area contributed by atoms with Gasteiger partial charge in [0, 0.05) is 30.2 Å². The van der Waals surface area contributed by atoms with Crippen molar-refractivity contribution in [3.05, 3.63) is 28.2 Å². The zero-order valence-electron chi connectivity index (χ0n) is 11.2. The Bertz CT molecular complexity index is 532. The maximum atomic E-state index is 11.6. The molecule has 7 heteroatoms. The molecule has 3 N–H and O–H groups in total. The molecule has 0 atom stereocenters. The Kier molecular flexibility index (Phi) is 6.17. The van der Waals surface area contributed by atoms with Crippen LogP contribution in [0.3, 0.4) is 0 Å². The molecule has 0 heterocycles. The van der Waals surface area contributed by atoms with E-state index in [2.05, 4.69) is 31.9 Å². The maximum absolute atomic E-state index is 11.6. The molecule has 1 rings (SSSR count). The van der Waals surface area contributed by atoms with E-state index in [9.17, 15) is 14.4 Å². The second-order valence-corrected chi connectivity index (χ2v) is 5.01. The molecule has 0 aliphatic heterocycles. The van der Waals surface area contributed by atoms with Crippen LogP contribution in [-0.2, 0) is 14.4 Å². The molecule has 1 aromatic carbocycles. The highest BCUT2D eigenvalue weighted by Crippen LogP contribution is 2.19. The van der Waals surface area contributed by atoms with E-state index in [0.717, 1.165) is 10.0 Å². The Labute approximate surface area is 125 Å². The Hall–Kier alpha value is -1.89. The van der Waals surface area contributed by atoms with E-state index in [4.69, 9.17) is 0 Å². The third-order valence-electron chi connectivity index (χ3n) is 2.41. The van der Waals surface area contributed by atoms with Gasteiger partial charge in [-0.2, -0.15) is 0 Å². The van der Waals surface area contributed by atoms with Gasteiger partial charge in [0.25, 0.3) is 0 Å². The molecule has 0 fully saturated rings. The SMILES string of the molecule is CC(=O)NCCNC(=O)C(=O)Nc1ccc(Br)c(C)c1. The lowest BCUT2D eigenvalue weighted by molar-refractivity contribution is -0.136. The van der Waals surface area contributed by atoms with Crippen LogP contribution in [0.4, 0.5) is 5.69 Å². The van der Waals surface area contributed by atoms with Crippen LogP contribution in [0, 0.1) is 6.92 Å². The smallest absolute Gasteiger partial charge is 0.313 e. The lowest BCUT2D eigenvalue weighted by atomic mass is 10.2. The quantitative estimate of drug-likeness (QED) is 0.562. The highest BCUT2D eigenvalue weighted by molar-refractivity contribution is 9.10. The third kappa shape index (κ3) is 5.40. The van der Waals surface area contributed by atoms with Gasteiger partial charge in [-0.3, -0.25) is 14.4 Å². The number of hydrogen-bond acceptors (Lipinski definition) is 3. The van der Waals surface area contributed by atoms with Gasteiger partial charge < -0.3 is 16.0 Å². The van der Waals surface area contributed by atoms with Crippen LogP contribution in [0.25, 0.3) is 0 Å². The summed E-state index contributed by atoms with van der Waals surface area (Å²) < 4.78 is 0.926. The lowest BCUT2D eigenvalue weighted by Gasteiger charge is -2.08. The standard InChI is InChI=1S/C13H16BrN3O3/c1-8-7-10(3-4-11(8)14)17-13(20)12(19)16-6-5-15-9(2)18/h3-4,7H,5-6H2,1-2H3,(H,15,18)(H,16,19)(H,17,20). The summed E-state index contributed by atoms with van der Waals surface area (Å²) in [6, 6.07) is 5.24. The second-order valence-electron chi connectivity index (χ2n) is 4.16. The van der Waals surface area contributed by atoms with Gasteiger partial charge in [-0.25, -0.2) is 0 Å². The summed E-state index contributed by atoms with van der Waals surface area (Å²) in [4.78, 5) is 33.7. The van der Waals surface area contributed by atoms with Crippen molar-refractivity contribution in [2.24, 2.45) is 0 Å². The van der Waals surface area contributed by atoms with Crippen molar-refractivity contribution in [1.29, 1.82) is 0 Å². The van der Waals surface area contributed by atoms with Crippen LogP contribution in [0.1, 0.15) is 12.5 Å². The monoisotopic (exact) mass is 341 g/mol. The normalized spacial score (nSPS) is 9.75. The van der Waals surface area contributed by atoms with Crippen molar-refractivity contribution in [3.8, 4) is 0 Å². The summed E-state index contributed by atoms with van der Waals surface area (Å²) in [6.45, 7) is 3.74. The van der Waals surface area contributed by atoms with E-state index in [1.165, 1.54) is 6.92 Å². The van der Waals surface area contributed by atoms with Gasteiger partial charge in [-0.15, -0.1) is 0 Å². The van der Waals surface area contributed by atoms with Crippen molar-refractivity contribution in [3.63, 3.8) is 0 Å². The number of benzene rings is 1. The first-order valence-corrected chi connectivity index (χ1v) is 6.79. The van der Waals surface area contributed by atoms with Gasteiger partial charge >= 0.3 is 11.8 Å². The number of aryl methyl sites for hydroxylation is 1. The Balaban J connectivity index is 2.43. The highest BCUT2D eigenvalue weighted by Gasteiger charge is 2.13. The maximum Gasteiger partial charge on any atom is 0.313 e. The molecule has 0 bridgehead atoms. The van der Waals surface area contributed by atoms with E-state index in [-0.39, 0.29) is 19.0 Å². The van der Waals surface area contributed by atoms with Crippen LogP contribution < -0.4 is 16.0 Å². The number of hydrogen-bond donors (Lipinski definition) is 3. The molecule has 108 valence electrons. The second kappa shape index (κ2) is 7.64. The summed E-state index contributed by atoms with van der Waals surface area (Å²) in [6.07, 6.45) is 0. The fourth-order valence-corrected chi connectivity index (χ4v) is 1.65. The largest absolute Gasteiger partial charge is 0.355 e. The number of carbonyl (C=O) groups excluding carboxylic acids is 3. The fraction of sp³-hybridized carbons (Fsp3) is 0.308. The predicted molar refractivity (Wildman–Crippen MR) is 79.2 cm³/mol. The molecule has 0 saturated heterocycles. The molecule has 0 spiro atoms. The van der Waals surface area contributed by atoms with Gasteiger partial charge in [0.2, 0.25) is 5.91 Å². The first-order chi connectivity index (χ1) is 9.40. The van der Waals surface area contributed by atoms with Gasteiger partial charge in [-0.1, -0.05) is 15.9 Å². The Morgan fingerprint density at radius 3 is 2.35 bits per heavy atom. The van der Waals surface area contributed by atoms with E-state index < -0.39 is 11.8 Å². The molecule has 0 unspecified atom stereocenters. The Morgan fingerprint density at radius 1 is 1.10 bits per heavy atom. The minimum Gasteiger partial charge on any atom is -0.355 e. The summed E-state index contributed by atoms with van der Waals surface area (Å²) in [7, 11) is 0. The van der Waals surface area contributed by atoms with Crippen LogP contribution in [0.5, 0.6) is 0 Å². The average Bonchev–Trinajstić information content (AvgIpc) is 2.38. The zero-order chi connectivity index (χ0) is 15.1. The van der Waals surface area contributed by atoms with Crippen molar-refractivity contribution < 1.29 is 14.4 Å². The third-order valence-corrected chi connectivity index (χ3v) is 3.30. The topological polar surface area (TPSA) is 87.3 Å². The van der Waals surface area contributed by atoms with Crippen LogP contribution in [-0.4, -0.2) is 30.8 Å². The molecule has 0 aromatic heterocycles. The van der Waals surface area contributed by atoms with Crippen LogP contribution in [0.2, 0.25) is 0 Å². The number of halogens is 1. The minimum atomic E-state index is -0.741. The van der Waals surface area contributed by atoms with E-state index in [1.807, 2.05) is 6.92 Å². The predicted octanol–water partition coefficient (Wildman–Crippen LogP) is 0.948. The summed E-state index contributed by atoms with van der Waals surface area (Å²) in [5.41, 5.74) is 1.50. The minimum absolute atomic E-state index is 0.186. The molecule has 0 radical (unpaired) electrons. The molecular weight excluding hydrogens is 326 g/mol. The summed E-state index contributed by atoms with van der Waals surface area (Å²) in [5.74, 6) is -1.67. The van der Waals surface area contributed by atoms with Crippen molar-refractivity contribution in [2.45, 2.75) is 13.8 Å². The van der Waals surface area contributed by atoms with Gasteiger partial charge in [0.15, 0.2) is 0 Å². The average molecular weight is 342 g/mol. The number of nitrogens with one attached hydrogen (secondary N) is 3. The number of amides is 3. The van der Waals surface area contributed by atoms with E-state index in [1.54, 1.807) is 18.2 Å². The Morgan fingerprint density at radius 2 is 1.75 bits per heavy atom. The van der Waals surface area contributed by atoms with Crippen LogP contribution in [0.15, 0.2) is 22.7 Å². The summed E-state index contributed by atoms with van der Waals surface area (Å²) >= 11 is 3.35. The van der Waals surface area contributed by atoms with Gasteiger partial charge in [-0.05, 0) is 30.7 Å². The molecule has 1 aromatic rings. The molecular formula is C13H16BrN3O3. The highest BCUT2D eigenvalue weighted by atomic mass is 79.9. The van der Waals surface area contributed by atoms with Gasteiger partial charge in [0.05, 0.1) is 0 Å². The molecule has 3 amide bonds. The number of rotatable bonds is 4. The van der Waals surface area contributed by atoms with Gasteiger partial charge in [0.1, 0.15) is 0 Å². The molecule has 6 nitrogen and oxygen atoms in total. The number of carbonyl (C=O) groups is 3. The molecule has 20 heavy (non-hydrogen) atoms. The van der Waals surface area contributed by atoms with Crippen molar-refractivity contribution in [2.75, 3.05) is 18.4 Å². The fourth-order valence-electron chi connectivity index (χ4n) is 1.41. The van der Waals surface area contributed by atoms with Crippen molar-refractivity contribution >= 4 is 39.3 Å². The summed E-state index contributed by atoms with van der Waals surface area (Å²) in [5, 5.41) is 7.42. The lowest BCUT2D eigenvalue weighted by Crippen LogP contribution is -2.39. The van der Waals surface area contributed by atoms with E-state index >= 15 is 0 Å². The first-order valence-electron chi connectivity index (χ1n) is 6.00. The zero-order valence-corrected chi connectivity index (χ0v) is 12.8. The molecule has 0 saturated carbocycles. The molecule has 0 aliphatic rings.